The van der Waals surface area contributed by atoms with Crippen LogP contribution in [0.3, 0.4) is 0 Å². The number of fused-ring (bicyclic) bond motifs is 1. The quantitative estimate of drug-likeness (QED) is 0.408. The molecule has 1 amide bonds. The number of aromatic nitrogens is 3. The third-order valence-electron chi connectivity index (χ3n) is 3.41. The van der Waals surface area contributed by atoms with Crippen molar-refractivity contribution in [3.63, 3.8) is 0 Å². The van der Waals surface area contributed by atoms with Gasteiger partial charge in [-0.2, -0.15) is 0 Å². The first-order valence-electron chi connectivity index (χ1n) is 8.21. The monoisotopic (exact) mass is 337 g/mol. The number of rotatable bonds is 5. The molecule has 9 heteroatoms. The van der Waals surface area contributed by atoms with Crippen LogP contribution in [0.15, 0.2) is 4.99 Å². The summed E-state index contributed by atoms with van der Waals surface area (Å²) < 4.78 is 7.31. The number of guanidine groups is 1. The third kappa shape index (κ3) is 5.39. The zero-order chi connectivity index (χ0) is 17.6. The second-order valence-corrected chi connectivity index (χ2v) is 6.57. The normalized spacial score (nSPS) is 14.2. The molecular weight excluding hydrogens is 310 g/mol. The molecule has 0 aliphatic carbocycles. The zero-order valence-corrected chi connectivity index (χ0v) is 14.8. The number of nitrogens with zero attached hydrogens (tertiary/aromatic N) is 4. The minimum atomic E-state index is -0.492. The number of alkyl carbamates (subject to hydrolysis) is 1. The minimum Gasteiger partial charge on any atom is -0.444 e. The number of aryl methyl sites for hydroxylation is 1. The highest BCUT2D eigenvalue weighted by atomic mass is 16.6. The van der Waals surface area contributed by atoms with E-state index in [2.05, 4.69) is 35.7 Å². The van der Waals surface area contributed by atoms with E-state index in [9.17, 15) is 4.79 Å². The van der Waals surface area contributed by atoms with Crippen LogP contribution in [0.4, 0.5) is 4.79 Å². The molecule has 1 aliphatic rings. The van der Waals surface area contributed by atoms with Crippen LogP contribution in [0.1, 0.15) is 38.8 Å². The van der Waals surface area contributed by atoms with Crippen molar-refractivity contribution >= 4 is 12.1 Å². The van der Waals surface area contributed by atoms with Crippen molar-refractivity contribution in [3.05, 3.63) is 11.6 Å². The molecule has 0 spiro atoms. The van der Waals surface area contributed by atoms with Gasteiger partial charge in [0.15, 0.2) is 11.8 Å². The summed E-state index contributed by atoms with van der Waals surface area (Å²) in [6.07, 6.45) is 1.70. The molecule has 0 fully saturated rings. The molecule has 134 valence electrons. The van der Waals surface area contributed by atoms with E-state index in [1.807, 2.05) is 20.8 Å². The third-order valence-corrected chi connectivity index (χ3v) is 3.41. The highest BCUT2D eigenvalue weighted by Crippen LogP contribution is 2.13. The lowest BCUT2D eigenvalue weighted by molar-refractivity contribution is 0.0529. The molecule has 1 aromatic heterocycles. The molecule has 24 heavy (non-hydrogen) atoms. The van der Waals surface area contributed by atoms with Crippen molar-refractivity contribution in [2.24, 2.45) is 4.99 Å². The zero-order valence-electron chi connectivity index (χ0n) is 14.8. The van der Waals surface area contributed by atoms with Crippen LogP contribution in [0.5, 0.6) is 0 Å². The van der Waals surface area contributed by atoms with Crippen molar-refractivity contribution in [1.82, 2.24) is 30.7 Å². The second kappa shape index (κ2) is 7.98. The number of aliphatic imine (C=N–C) groups is 1. The molecule has 9 nitrogen and oxygen atoms in total. The first kappa shape index (κ1) is 18.0. The molecule has 1 aromatic rings. The summed E-state index contributed by atoms with van der Waals surface area (Å²) in [5, 5.41) is 17.4. The molecule has 0 saturated heterocycles. The van der Waals surface area contributed by atoms with Gasteiger partial charge in [-0.15, -0.1) is 10.2 Å². The van der Waals surface area contributed by atoms with Crippen molar-refractivity contribution in [1.29, 1.82) is 0 Å². The van der Waals surface area contributed by atoms with Crippen molar-refractivity contribution in [3.8, 4) is 0 Å². The predicted octanol–water partition coefficient (Wildman–Crippen LogP) is 0.414. The van der Waals surface area contributed by atoms with Crippen LogP contribution < -0.4 is 16.0 Å². The van der Waals surface area contributed by atoms with E-state index in [-0.39, 0.29) is 0 Å². The number of carbonyl (C=O) groups is 1. The predicted molar refractivity (Wildman–Crippen MR) is 90.8 cm³/mol. The number of amides is 1. The number of nitrogens with one attached hydrogen (secondary N) is 3. The molecular formula is C15H27N7O2. The van der Waals surface area contributed by atoms with E-state index in [1.165, 1.54) is 0 Å². The Balaban J connectivity index is 1.67. The fourth-order valence-electron chi connectivity index (χ4n) is 2.38. The number of hydrogen-bond acceptors (Lipinski definition) is 5. The maximum absolute atomic E-state index is 11.5. The average Bonchev–Trinajstić information content (AvgIpc) is 3.08. The van der Waals surface area contributed by atoms with Crippen molar-refractivity contribution < 1.29 is 9.53 Å². The highest BCUT2D eigenvalue weighted by molar-refractivity contribution is 5.79. The van der Waals surface area contributed by atoms with Gasteiger partial charge >= 0.3 is 6.09 Å². The first-order valence-corrected chi connectivity index (χ1v) is 8.21. The van der Waals surface area contributed by atoms with Crippen molar-refractivity contribution in [2.75, 3.05) is 20.1 Å². The largest absolute Gasteiger partial charge is 0.444 e. The Morgan fingerprint density at radius 3 is 2.71 bits per heavy atom. The summed E-state index contributed by atoms with van der Waals surface area (Å²) in [5.74, 6) is 2.62. The molecule has 2 heterocycles. The molecule has 2 rings (SSSR count). The summed E-state index contributed by atoms with van der Waals surface area (Å²) in [6, 6.07) is 0. The van der Waals surface area contributed by atoms with Gasteiger partial charge in [-0.25, -0.2) is 4.79 Å². The lowest BCUT2D eigenvalue weighted by Crippen LogP contribution is -2.42. The van der Waals surface area contributed by atoms with Gasteiger partial charge in [0, 0.05) is 33.1 Å². The maximum Gasteiger partial charge on any atom is 0.407 e. The van der Waals surface area contributed by atoms with Crippen LogP contribution in [0.25, 0.3) is 0 Å². The van der Waals surface area contributed by atoms with Gasteiger partial charge in [0.2, 0.25) is 0 Å². The molecule has 0 unspecified atom stereocenters. The number of ether oxygens (including phenoxy) is 1. The fourth-order valence-corrected chi connectivity index (χ4v) is 2.38. The van der Waals surface area contributed by atoms with Gasteiger partial charge in [-0.1, -0.05) is 0 Å². The van der Waals surface area contributed by atoms with Crippen LogP contribution in [0, 0.1) is 0 Å². The molecule has 0 atom stereocenters. The van der Waals surface area contributed by atoms with Gasteiger partial charge in [0.1, 0.15) is 11.4 Å². The van der Waals surface area contributed by atoms with Crippen LogP contribution >= 0.6 is 0 Å². The Morgan fingerprint density at radius 1 is 1.25 bits per heavy atom. The molecule has 3 N–H and O–H groups in total. The Bertz CT molecular complexity index is 589. The molecule has 0 bridgehead atoms. The fraction of sp³-hybridized carbons (Fsp3) is 0.733. The van der Waals surface area contributed by atoms with E-state index in [0.29, 0.717) is 25.6 Å². The average molecular weight is 337 g/mol. The second-order valence-electron chi connectivity index (χ2n) is 6.57. The minimum absolute atomic E-state index is 0.425. The summed E-state index contributed by atoms with van der Waals surface area (Å²) in [6.45, 7) is 8.01. The Hall–Kier alpha value is -2.32. The SMILES string of the molecule is CN=C(NCCNC(=O)OC(C)(C)C)NCc1nnc2n1CCC2. The first-order chi connectivity index (χ1) is 11.4. The van der Waals surface area contributed by atoms with Crippen LogP contribution in [-0.2, 0) is 24.2 Å². The Morgan fingerprint density at radius 2 is 2.00 bits per heavy atom. The molecule has 0 aromatic carbocycles. The lowest BCUT2D eigenvalue weighted by Gasteiger charge is -2.19. The van der Waals surface area contributed by atoms with Gasteiger partial charge in [0.05, 0.1) is 6.54 Å². The summed E-state index contributed by atoms with van der Waals surface area (Å²) in [5.41, 5.74) is -0.492. The van der Waals surface area contributed by atoms with Gasteiger partial charge in [0.25, 0.3) is 0 Å². The van der Waals surface area contributed by atoms with E-state index < -0.39 is 11.7 Å². The van der Waals surface area contributed by atoms with E-state index in [4.69, 9.17) is 4.74 Å². The maximum atomic E-state index is 11.5. The molecule has 0 radical (unpaired) electrons. The van der Waals surface area contributed by atoms with Gasteiger partial charge in [-0.3, -0.25) is 4.99 Å². The Labute approximate surface area is 142 Å². The smallest absolute Gasteiger partial charge is 0.407 e. The summed E-state index contributed by atoms with van der Waals surface area (Å²) in [4.78, 5) is 15.7. The summed E-state index contributed by atoms with van der Waals surface area (Å²) in [7, 11) is 1.70. The van der Waals surface area contributed by atoms with E-state index >= 15 is 0 Å². The van der Waals surface area contributed by atoms with E-state index in [0.717, 1.165) is 31.0 Å². The van der Waals surface area contributed by atoms with Gasteiger partial charge in [-0.05, 0) is 27.2 Å². The van der Waals surface area contributed by atoms with E-state index in [1.54, 1.807) is 7.05 Å². The van der Waals surface area contributed by atoms with Crippen LogP contribution in [0.2, 0.25) is 0 Å². The standard InChI is InChI=1S/C15H27N7O2/c1-15(2,3)24-14(23)18-8-7-17-13(16-4)19-10-12-21-20-11-6-5-9-22(11)12/h5-10H2,1-4H3,(H,18,23)(H2,16,17,19). The number of hydrogen-bond donors (Lipinski definition) is 3. The molecule has 0 saturated carbocycles. The van der Waals surface area contributed by atoms with Crippen molar-refractivity contribution in [2.45, 2.75) is 52.3 Å². The lowest BCUT2D eigenvalue weighted by atomic mass is 10.2. The van der Waals surface area contributed by atoms with Gasteiger partial charge < -0.3 is 25.3 Å². The summed E-state index contributed by atoms with van der Waals surface area (Å²) >= 11 is 0. The number of carbonyl (C=O) groups excluding carboxylic acids is 1. The topological polar surface area (TPSA) is 105 Å². The van der Waals surface area contributed by atoms with Crippen LogP contribution in [-0.4, -0.2) is 52.6 Å². The Kier molecular flexibility index (Phi) is 5.99. The molecule has 1 aliphatic heterocycles. The highest BCUT2D eigenvalue weighted by Gasteiger charge is 2.17.